The number of esters is 1. The molecule has 0 aromatic carbocycles. The zero-order valence-corrected chi connectivity index (χ0v) is 9.17. The van der Waals surface area contributed by atoms with E-state index in [1.165, 1.54) is 13.2 Å². The van der Waals surface area contributed by atoms with Gasteiger partial charge in [-0.05, 0) is 19.1 Å². The van der Waals surface area contributed by atoms with Crippen LogP contribution in [0.25, 0.3) is 0 Å². The lowest BCUT2D eigenvalue weighted by Gasteiger charge is -2.07. The van der Waals surface area contributed by atoms with Crippen LogP contribution in [0.3, 0.4) is 0 Å². The number of furan rings is 1. The summed E-state index contributed by atoms with van der Waals surface area (Å²) in [6.45, 7) is 1.79. The molecule has 0 aliphatic carbocycles. The molecule has 0 fully saturated rings. The maximum Gasteiger partial charge on any atom is 0.330 e. The molecular formula is C11H14O5. The molecule has 1 aromatic rings. The maximum absolute atomic E-state index is 10.8. The van der Waals surface area contributed by atoms with E-state index in [0.29, 0.717) is 12.2 Å². The third kappa shape index (κ3) is 3.52. The molecule has 16 heavy (non-hydrogen) atoms. The van der Waals surface area contributed by atoms with Crippen molar-refractivity contribution >= 4 is 5.97 Å². The number of rotatable bonds is 5. The van der Waals surface area contributed by atoms with Crippen molar-refractivity contribution in [2.45, 2.75) is 19.4 Å². The first-order valence-electron chi connectivity index (χ1n) is 4.78. The Morgan fingerprint density at radius 2 is 2.38 bits per heavy atom. The van der Waals surface area contributed by atoms with E-state index in [2.05, 4.69) is 9.62 Å². The summed E-state index contributed by atoms with van der Waals surface area (Å²) in [5, 5.41) is 8.70. The van der Waals surface area contributed by atoms with Crippen LogP contribution in [0.5, 0.6) is 0 Å². The minimum atomic E-state index is -0.616. The van der Waals surface area contributed by atoms with E-state index in [0.717, 1.165) is 5.76 Å². The van der Waals surface area contributed by atoms with Gasteiger partial charge in [0.25, 0.3) is 0 Å². The fourth-order valence-electron chi connectivity index (χ4n) is 1.19. The second kappa shape index (κ2) is 6.09. The molecule has 1 heterocycles. The molecule has 1 N–H and O–H groups in total. The van der Waals surface area contributed by atoms with Crippen molar-refractivity contribution in [3.05, 3.63) is 35.8 Å². The molecule has 0 aliphatic heterocycles. The highest BCUT2D eigenvalue weighted by Crippen LogP contribution is 2.22. The summed E-state index contributed by atoms with van der Waals surface area (Å²) in [5.41, 5.74) is 0. The molecule has 5 heteroatoms. The second-order valence-corrected chi connectivity index (χ2v) is 3.20. The van der Waals surface area contributed by atoms with Crippen molar-refractivity contribution in [1.29, 1.82) is 0 Å². The van der Waals surface area contributed by atoms with Crippen LogP contribution in [0, 0.1) is 6.92 Å². The van der Waals surface area contributed by atoms with Crippen LogP contribution < -0.4 is 0 Å². The van der Waals surface area contributed by atoms with E-state index >= 15 is 0 Å². The Morgan fingerprint density at radius 1 is 1.62 bits per heavy atom. The molecule has 0 saturated heterocycles. The number of carbonyl (C=O) groups is 1. The predicted molar refractivity (Wildman–Crippen MR) is 55.7 cm³/mol. The molecule has 0 radical (unpaired) electrons. The van der Waals surface area contributed by atoms with E-state index in [-0.39, 0.29) is 0 Å². The lowest BCUT2D eigenvalue weighted by atomic mass is 10.2. The number of hydrogen-bond acceptors (Lipinski definition) is 5. The molecule has 5 nitrogen and oxygen atoms in total. The van der Waals surface area contributed by atoms with Gasteiger partial charge >= 0.3 is 5.97 Å². The van der Waals surface area contributed by atoms with Crippen molar-refractivity contribution < 1.29 is 24.1 Å². The summed E-state index contributed by atoms with van der Waals surface area (Å²) < 4.78 is 9.71. The summed E-state index contributed by atoms with van der Waals surface area (Å²) in [5.74, 6) is 0.788. The van der Waals surface area contributed by atoms with Gasteiger partial charge < -0.3 is 9.15 Å². The molecule has 0 spiro atoms. The summed E-state index contributed by atoms with van der Waals surface area (Å²) in [4.78, 5) is 15.1. The van der Waals surface area contributed by atoms with Crippen molar-refractivity contribution in [2.75, 3.05) is 7.11 Å². The largest absolute Gasteiger partial charge is 0.466 e. The second-order valence-electron chi connectivity index (χ2n) is 3.20. The first kappa shape index (κ1) is 12.5. The van der Waals surface area contributed by atoms with E-state index in [1.54, 1.807) is 25.1 Å². The molecule has 0 saturated carbocycles. The Balaban J connectivity index is 2.56. The Bertz CT molecular complexity index is 366. The average Bonchev–Trinajstić information content (AvgIpc) is 2.70. The lowest BCUT2D eigenvalue weighted by molar-refractivity contribution is -0.284. The highest BCUT2D eigenvalue weighted by molar-refractivity contribution is 5.81. The quantitative estimate of drug-likeness (QED) is 0.361. The van der Waals surface area contributed by atoms with E-state index in [9.17, 15) is 4.79 Å². The van der Waals surface area contributed by atoms with Crippen molar-refractivity contribution in [3.63, 3.8) is 0 Å². The minimum absolute atomic E-state index is 0.318. The van der Waals surface area contributed by atoms with Crippen LogP contribution in [0.4, 0.5) is 0 Å². The summed E-state index contributed by atoms with van der Waals surface area (Å²) in [6.07, 6.45) is 2.51. The normalized spacial score (nSPS) is 12.9. The van der Waals surface area contributed by atoms with Gasteiger partial charge in [-0.3, -0.25) is 5.26 Å². The molecule has 0 bridgehead atoms. The van der Waals surface area contributed by atoms with Crippen LogP contribution in [0.2, 0.25) is 0 Å². The van der Waals surface area contributed by atoms with Crippen molar-refractivity contribution in [2.24, 2.45) is 0 Å². The number of methoxy groups -OCH3 is 1. The monoisotopic (exact) mass is 226 g/mol. The van der Waals surface area contributed by atoms with Crippen LogP contribution in [0.15, 0.2) is 28.7 Å². The smallest absolute Gasteiger partial charge is 0.330 e. The van der Waals surface area contributed by atoms with Crippen LogP contribution >= 0.6 is 0 Å². The first-order chi connectivity index (χ1) is 7.67. The zero-order valence-electron chi connectivity index (χ0n) is 9.17. The predicted octanol–water partition coefficient (Wildman–Crippen LogP) is 2.24. The van der Waals surface area contributed by atoms with Gasteiger partial charge in [0.15, 0.2) is 6.10 Å². The number of ether oxygens (including phenoxy) is 1. The van der Waals surface area contributed by atoms with Crippen LogP contribution in [0.1, 0.15) is 24.0 Å². The van der Waals surface area contributed by atoms with Gasteiger partial charge in [0.1, 0.15) is 11.5 Å². The van der Waals surface area contributed by atoms with E-state index < -0.39 is 12.1 Å². The lowest BCUT2D eigenvalue weighted by Crippen LogP contribution is -2.00. The molecule has 0 aliphatic rings. The number of aryl methyl sites for hydroxylation is 1. The SMILES string of the molecule is COC(=O)/C=C/CC(OO)c1ccc(C)o1. The van der Waals surface area contributed by atoms with Gasteiger partial charge in [0.05, 0.1) is 7.11 Å². The Morgan fingerprint density at radius 3 is 2.88 bits per heavy atom. The van der Waals surface area contributed by atoms with Crippen LogP contribution in [-0.4, -0.2) is 18.3 Å². The Kier molecular flexibility index (Phi) is 4.75. The Labute approximate surface area is 93.2 Å². The van der Waals surface area contributed by atoms with Gasteiger partial charge in [-0.15, -0.1) is 0 Å². The van der Waals surface area contributed by atoms with E-state index in [1.807, 2.05) is 0 Å². The topological polar surface area (TPSA) is 68.9 Å². The Hall–Kier alpha value is -1.59. The fourth-order valence-corrected chi connectivity index (χ4v) is 1.19. The van der Waals surface area contributed by atoms with Crippen molar-refractivity contribution in [1.82, 2.24) is 0 Å². The highest BCUT2D eigenvalue weighted by Gasteiger charge is 2.14. The first-order valence-corrected chi connectivity index (χ1v) is 4.78. The fraction of sp³-hybridized carbons (Fsp3) is 0.364. The molecule has 1 atom stereocenters. The molecular weight excluding hydrogens is 212 g/mol. The minimum Gasteiger partial charge on any atom is -0.466 e. The average molecular weight is 226 g/mol. The molecule has 1 unspecified atom stereocenters. The number of hydrogen-bond donors (Lipinski definition) is 1. The highest BCUT2D eigenvalue weighted by atomic mass is 17.1. The third-order valence-corrected chi connectivity index (χ3v) is 2.01. The van der Waals surface area contributed by atoms with Crippen molar-refractivity contribution in [3.8, 4) is 0 Å². The maximum atomic E-state index is 10.8. The summed E-state index contributed by atoms with van der Waals surface area (Å²) in [7, 11) is 1.29. The van der Waals surface area contributed by atoms with Crippen LogP contribution in [-0.2, 0) is 14.4 Å². The standard InChI is InChI=1S/C11H14O5/c1-8-6-7-9(15-8)10(16-13)4-3-5-11(12)14-2/h3,5-7,10,13H,4H2,1-2H3/b5-3+. The third-order valence-electron chi connectivity index (χ3n) is 2.01. The zero-order chi connectivity index (χ0) is 12.0. The molecule has 0 amide bonds. The van der Waals surface area contributed by atoms with Gasteiger partial charge in [0, 0.05) is 12.5 Å². The number of carbonyl (C=O) groups excluding carboxylic acids is 1. The molecule has 1 rings (SSSR count). The van der Waals surface area contributed by atoms with Gasteiger partial charge in [-0.1, -0.05) is 6.08 Å². The van der Waals surface area contributed by atoms with E-state index in [4.69, 9.17) is 9.67 Å². The van der Waals surface area contributed by atoms with Gasteiger partial charge in [0.2, 0.25) is 0 Å². The molecule has 88 valence electrons. The summed E-state index contributed by atoms with van der Waals surface area (Å²) >= 11 is 0. The summed E-state index contributed by atoms with van der Waals surface area (Å²) in [6, 6.07) is 3.48. The van der Waals surface area contributed by atoms with Gasteiger partial charge in [-0.25, -0.2) is 9.68 Å². The van der Waals surface area contributed by atoms with Gasteiger partial charge in [-0.2, -0.15) is 0 Å². The molecule has 1 aromatic heterocycles.